The number of hydrogen-bond donors (Lipinski definition) is 2. The van der Waals surface area contributed by atoms with Gasteiger partial charge in [-0.05, 0) is 61.7 Å². The molecule has 0 spiro atoms. The van der Waals surface area contributed by atoms with Crippen LogP contribution in [0, 0.1) is 5.92 Å². The lowest BCUT2D eigenvalue weighted by Crippen LogP contribution is -2.43. The van der Waals surface area contributed by atoms with Crippen molar-refractivity contribution >= 4 is 0 Å². The van der Waals surface area contributed by atoms with Crippen molar-refractivity contribution in [1.29, 1.82) is 0 Å². The van der Waals surface area contributed by atoms with E-state index in [1.807, 2.05) is 36.4 Å². The summed E-state index contributed by atoms with van der Waals surface area (Å²) in [5.74, 6) is 3.16. The second-order valence-corrected chi connectivity index (χ2v) is 7.24. The topological polar surface area (TPSA) is 51.8 Å². The van der Waals surface area contributed by atoms with Crippen LogP contribution in [0.25, 0.3) is 0 Å². The third kappa shape index (κ3) is 4.37. The molecule has 1 fully saturated rings. The Labute approximate surface area is 161 Å². The molecule has 2 aromatic rings. The Hall–Kier alpha value is -2.24. The largest absolute Gasteiger partial charge is 0.497 e. The predicted molar refractivity (Wildman–Crippen MR) is 106 cm³/mol. The van der Waals surface area contributed by atoms with Crippen molar-refractivity contribution in [3.8, 4) is 17.2 Å². The van der Waals surface area contributed by atoms with Crippen molar-refractivity contribution in [2.24, 2.45) is 5.92 Å². The first-order valence-electron chi connectivity index (χ1n) is 9.80. The van der Waals surface area contributed by atoms with E-state index in [-0.39, 0.29) is 6.10 Å². The van der Waals surface area contributed by atoms with Gasteiger partial charge in [0.05, 0.1) is 7.11 Å². The Morgan fingerprint density at radius 1 is 1.07 bits per heavy atom. The molecule has 0 radical (unpaired) electrons. The van der Waals surface area contributed by atoms with Gasteiger partial charge in [-0.1, -0.05) is 24.3 Å². The first-order valence-corrected chi connectivity index (χ1v) is 9.80. The molecule has 5 heteroatoms. The molecule has 2 aliphatic heterocycles. The third-order valence-corrected chi connectivity index (χ3v) is 5.46. The zero-order valence-corrected chi connectivity index (χ0v) is 15.8. The zero-order valence-electron chi connectivity index (χ0n) is 15.8. The summed E-state index contributed by atoms with van der Waals surface area (Å²) in [5, 5.41) is 7.23. The number of fused-ring (bicyclic) bond motifs is 1. The van der Waals surface area contributed by atoms with E-state index in [9.17, 15) is 0 Å². The van der Waals surface area contributed by atoms with Gasteiger partial charge in [-0.15, -0.1) is 0 Å². The van der Waals surface area contributed by atoms with Gasteiger partial charge in [0.2, 0.25) is 0 Å². The van der Waals surface area contributed by atoms with E-state index >= 15 is 0 Å². The number of rotatable bonds is 6. The summed E-state index contributed by atoms with van der Waals surface area (Å²) in [6, 6.07) is 16.6. The van der Waals surface area contributed by atoms with Crippen molar-refractivity contribution in [2.45, 2.75) is 25.0 Å². The van der Waals surface area contributed by atoms with E-state index in [1.165, 1.54) is 18.4 Å². The highest BCUT2D eigenvalue weighted by Crippen LogP contribution is 2.32. The van der Waals surface area contributed by atoms with Crippen LogP contribution in [0.4, 0.5) is 0 Å². The van der Waals surface area contributed by atoms with Crippen molar-refractivity contribution in [1.82, 2.24) is 10.6 Å². The number of hydrogen-bond acceptors (Lipinski definition) is 5. The highest BCUT2D eigenvalue weighted by molar-refractivity contribution is 5.40. The van der Waals surface area contributed by atoms with Crippen LogP contribution < -0.4 is 24.8 Å². The number of nitrogens with one attached hydrogen (secondary N) is 2. The van der Waals surface area contributed by atoms with E-state index in [1.54, 1.807) is 7.11 Å². The monoisotopic (exact) mass is 368 g/mol. The maximum atomic E-state index is 6.12. The van der Waals surface area contributed by atoms with Gasteiger partial charge in [0.25, 0.3) is 0 Å². The molecular weight excluding hydrogens is 340 g/mol. The number of benzene rings is 2. The van der Waals surface area contributed by atoms with Gasteiger partial charge in [-0.3, -0.25) is 0 Å². The van der Waals surface area contributed by atoms with Crippen LogP contribution in [-0.4, -0.2) is 39.5 Å². The second kappa shape index (κ2) is 8.63. The van der Waals surface area contributed by atoms with Crippen LogP contribution in [0.3, 0.4) is 0 Å². The molecule has 5 nitrogen and oxygen atoms in total. The van der Waals surface area contributed by atoms with Gasteiger partial charge in [0.15, 0.2) is 11.5 Å². The van der Waals surface area contributed by atoms with Crippen LogP contribution >= 0.6 is 0 Å². The highest BCUT2D eigenvalue weighted by atomic mass is 16.6. The first-order chi connectivity index (χ1) is 13.3. The van der Waals surface area contributed by atoms with E-state index in [0.717, 1.165) is 36.9 Å². The molecule has 4 rings (SSSR count). The lowest BCUT2D eigenvalue weighted by Gasteiger charge is -2.34. The van der Waals surface area contributed by atoms with Crippen LogP contribution in [0.5, 0.6) is 17.2 Å². The number of methoxy groups -OCH3 is 1. The van der Waals surface area contributed by atoms with E-state index in [2.05, 4.69) is 22.8 Å². The smallest absolute Gasteiger partial charge is 0.161 e. The fraction of sp³-hybridized carbons (Fsp3) is 0.455. The average molecular weight is 368 g/mol. The van der Waals surface area contributed by atoms with Gasteiger partial charge in [-0.25, -0.2) is 0 Å². The number of ether oxygens (including phenoxy) is 3. The summed E-state index contributed by atoms with van der Waals surface area (Å²) in [5.41, 5.74) is 1.31. The average Bonchev–Trinajstić information content (AvgIpc) is 2.75. The molecule has 27 heavy (non-hydrogen) atoms. The Morgan fingerprint density at radius 2 is 1.81 bits per heavy atom. The molecule has 2 unspecified atom stereocenters. The summed E-state index contributed by atoms with van der Waals surface area (Å²) in [4.78, 5) is 0. The van der Waals surface area contributed by atoms with Gasteiger partial charge in [0.1, 0.15) is 18.5 Å². The molecule has 0 bridgehead atoms. The maximum absolute atomic E-state index is 6.12. The SMILES string of the molecule is COc1ccc(C(NCC2COc3ccccc3O2)C2CCNCC2)cc1. The molecule has 0 amide bonds. The van der Waals surface area contributed by atoms with Gasteiger partial charge in [0, 0.05) is 12.6 Å². The number of piperidine rings is 1. The standard InChI is InChI=1S/C22H28N2O3/c1-25-18-8-6-16(7-9-18)22(17-10-12-23-13-11-17)24-14-19-15-26-20-4-2-3-5-21(20)27-19/h2-9,17,19,22-24H,10-15H2,1H3. The Kier molecular flexibility index (Phi) is 5.80. The fourth-order valence-corrected chi connectivity index (χ4v) is 3.97. The van der Waals surface area contributed by atoms with Crippen LogP contribution in [-0.2, 0) is 0 Å². The zero-order chi connectivity index (χ0) is 18.5. The minimum absolute atomic E-state index is 0.0161. The molecule has 0 aliphatic carbocycles. The molecule has 0 aromatic heterocycles. The molecular formula is C22H28N2O3. The van der Waals surface area contributed by atoms with Crippen molar-refractivity contribution in [2.75, 3.05) is 33.4 Å². The molecule has 1 saturated heterocycles. The molecule has 2 atom stereocenters. The Bertz CT molecular complexity index is 729. The van der Waals surface area contributed by atoms with Crippen LogP contribution in [0.15, 0.2) is 48.5 Å². The summed E-state index contributed by atoms with van der Waals surface area (Å²) in [6.07, 6.45) is 2.37. The Morgan fingerprint density at radius 3 is 2.56 bits per heavy atom. The molecule has 2 N–H and O–H groups in total. The number of para-hydroxylation sites is 2. The maximum Gasteiger partial charge on any atom is 0.161 e. The van der Waals surface area contributed by atoms with Gasteiger partial charge < -0.3 is 24.8 Å². The van der Waals surface area contributed by atoms with Gasteiger partial charge >= 0.3 is 0 Å². The molecule has 2 aromatic carbocycles. The van der Waals surface area contributed by atoms with Crippen molar-refractivity contribution in [3.05, 3.63) is 54.1 Å². The summed E-state index contributed by atoms with van der Waals surface area (Å²) >= 11 is 0. The van der Waals surface area contributed by atoms with Crippen molar-refractivity contribution in [3.63, 3.8) is 0 Å². The van der Waals surface area contributed by atoms with E-state index in [4.69, 9.17) is 14.2 Å². The van der Waals surface area contributed by atoms with Crippen molar-refractivity contribution < 1.29 is 14.2 Å². The van der Waals surface area contributed by atoms with Crippen LogP contribution in [0.1, 0.15) is 24.4 Å². The molecule has 144 valence electrons. The summed E-state index contributed by atoms with van der Waals surface area (Å²) in [6.45, 7) is 3.49. The minimum Gasteiger partial charge on any atom is -0.497 e. The molecule has 2 heterocycles. The fourth-order valence-electron chi connectivity index (χ4n) is 3.97. The minimum atomic E-state index is 0.0161. The van der Waals surface area contributed by atoms with Gasteiger partial charge in [-0.2, -0.15) is 0 Å². The van der Waals surface area contributed by atoms with E-state index in [0.29, 0.717) is 18.6 Å². The predicted octanol–water partition coefficient (Wildman–Crippen LogP) is 3.17. The summed E-state index contributed by atoms with van der Waals surface area (Å²) < 4.78 is 17.3. The van der Waals surface area contributed by atoms with E-state index < -0.39 is 0 Å². The highest BCUT2D eigenvalue weighted by Gasteiger charge is 2.27. The Balaban J connectivity index is 1.44. The first kappa shape index (κ1) is 18.1. The lowest BCUT2D eigenvalue weighted by molar-refractivity contribution is 0.0850. The lowest BCUT2D eigenvalue weighted by atomic mass is 9.86. The third-order valence-electron chi connectivity index (χ3n) is 5.46. The van der Waals surface area contributed by atoms with Crippen LogP contribution in [0.2, 0.25) is 0 Å². The second-order valence-electron chi connectivity index (χ2n) is 7.24. The normalized spacial score (nSPS) is 20.9. The molecule has 0 saturated carbocycles. The molecule has 2 aliphatic rings. The quantitative estimate of drug-likeness (QED) is 0.820. The summed E-state index contributed by atoms with van der Waals surface area (Å²) in [7, 11) is 1.70.